The van der Waals surface area contributed by atoms with Gasteiger partial charge < -0.3 is 14.7 Å². The normalized spacial score (nSPS) is 20.0. The molecule has 126 valence electrons. The molecule has 5 nitrogen and oxygen atoms in total. The Morgan fingerprint density at radius 1 is 1.21 bits per heavy atom. The minimum absolute atomic E-state index is 0.0329. The van der Waals surface area contributed by atoms with Crippen LogP contribution in [0.15, 0.2) is 54.9 Å². The van der Waals surface area contributed by atoms with Crippen LogP contribution in [0.3, 0.4) is 0 Å². The maximum atomic E-state index is 12.8. The molecule has 2 atom stereocenters. The van der Waals surface area contributed by atoms with Gasteiger partial charge in [0.2, 0.25) is 0 Å². The first-order chi connectivity index (χ1) is 11.8. The molecule has 1 fully saturated rings. The quantitative estimate of drug-likeness (QED) is 0.885. The van der Waals surface area contributed by atoms with E-state index >= 15 is 0 Å². The van der Waals surface area contributed by atoms with Crippen LogP contribution >= 0.6 is 0 Å². The van der Waals surface area contributed by atoms with E-state index in [1.165, 1.54) is 0 Å². The van der Waals surface area contributed by atoms with E-state index in [4.69, 9.17) is 4.74 Å². The first kappa shape index (κ1) is 16.6. The number of aliphatic hydroxyl groups excluding tert-OH is 1. The fourth-order valence-corrected chi connectivity index (χ4v) is 3.04. The molecule has 0 saturated carbocycles. The summed E-state index contributed by atoms with van der Waals surface area (Å²) in [5.74, 6) is -0.0636. The largest absolute Gasteiger partial charge is 0.395 e. The van der Waals surface area contributed by atoms with E-state index in [-0.39, 0.29) is 18.6 Å². The van der Waals surface area contributed by atoms with Gasteiger partial charge in [0.1, 0.15) is 6.10 Å². The van der Waals surface area contributed by atoms with Gasteiger partial charge in [-0.3, -0.25) is 9.78 Å². The molecule has 5 heteroatoms. The molecule has 1 amide bonds. The number of carbonyl (C=O) groups is 1. The molecule has 1 aliphatic rings. The summed E-state index contributed by atoms with van der Waals surface area (Å²) >= 11 is 0. The molecule has 0 radical (unpaired) electrons. The van der Waals surface area contributed by atoms with Crippen LogP contribution in [-0.2, 0) is 16.1 Å². The Hall–Kier alpha value is -2.24. The fraction of sp³-hybridized carbons (Fsp3) is 0.368. The summed E-state index contributed by atoms with van der Waals surface area (Å²) < 4.78 is 5.99. The zero-order chi connectivity index (χ0) is 16.8. The third kappa shape index (κ3) is 3.99. The van der Waals surface area contributed by atoms with Crippen molar-refractivity contribution in [1.29, 1.82) is 0 Å². The Morgan fingerprint density at radius 3 is 2.75 bits per heavy atom. The minimum atomic E-state index is -0.446. The number of ether oxygens (including phenoxy) is 1. The van der Waals surface area contributed by atoms with Gasteiger partial charge in [0.15, 0.2) is 0 Å². The maximum Gasteiger partial charge on any atom is 0.252 e. The van der Waals surface area contributed by atoms with Gasteiger partial charge in [-0.25, -0.2) is 0 Å². The highest BCUT2D eigenvalue weighted by Gasteiger charge is 2.34. The number of hydrogen-bond acceptors (Lipinski definition) is 4. The second kappa shape index (κ2) is 8.04. The molecule has 2 heterocycles. The summed E-state index contributed by atoms with van der Waals surface area (Å²) in [6.45, 7) is 0.660. The van der Waals surface area contributed by atoms with E-state index in [1.54, 1.807) is 17.3 Å². The topological polar surface area (TPSA) is 62.7 Å². The van der Waals surface area contributed by atoms with Crippen LogP contribution in [0, 0.1) is 0 Å². The van der Waals surface area contributed by atoms with E-state index in [2.05, 4.69) is 4.98 Å². The van der Waals surface area contributed by atoms with Crippen LogP contribution in [0.2, 0.25) is 0 Å². The van der Waals surface area contributed by atoms with Gasteiger partial charge in [0.25, 0.3) is 5.91 Å². The number of carbonyl (C=O) groups excluding carboxylic acids is 1. The highest BCUT2D eigenvalue weighted by Crippen LogP contribution is 2.33. The summed E-state index contributed by atoms with van der Waals surface area (Å²) in [4.78, 5) is 18.5. The molecule has 0 unspecified atom stereocenters. The van der Waals surface area contributed by atoms with Gasteiger partial charge in [-0.15, -0.1) is 0 Å². The smallest absolute Gasteiger partial charge is 0.252 e. The highest BCUT2D eigenvalue weighted by atomic mass is 16.5. The molecule has 0 aliphatic carbocycles. The van der Waals surface area contributed by atoms with Crippen molar-refractivity contribution in [3.63, 3.8) is 0 Å². The summed E-state index contributed by atoms with van der Waals surface area (Å²) in [5.41, 5.74) is 2.05. The van der Waals surface area contributed by atoms with Crippen molar-refractivity contribution in [3.05, 3.63) is 66.0 Å². The van der Waals surface area contributed by atoms with Gasteiger partial charge in [-0.2, -0.15) is 0 Å². The molecule has 1 aliphatic heterocycles. The van der Waals surface area contributed by atoms with Gasteiger partial charge in [-0.1, -0.05) is 36.4 Å². The van der Waals surface area contributed by atoms with Crippen molar-refractivity contribution in [2.75, 3.05) is 13.2 Å². The van der Waals surface area contributed by atoms with Gasteiger partial charge >= 0.3 is 0 Å². The van der Waals surface area contributed by atoms with Crippen LogP contribution in [0.5, 0.6) is 0 Å². The molecular weight excluding hydrogens is 304 g/mol. The van der Waals surface area contributed by atoms with Crippen LogP contribution in [0.4, 0.5) is 0 Å². The third-order valence-electron chi connectivity index (χ3n) is 4.24. The summed E-state index contributed by atoms with van der Waals surface area (Å²) in [7, 11) is 0. The number of hydrogen-bond donors (Lipinski definition) is 1. The van der Waals surface area contributed by atoms with Crippen LogP contribution < -0.4 is 0 Å². The first-order valence-corrected chi connectivity index (χ1v) is 8.27. The number of aromatic nitrogens is 1. The van der Waals surface area contributed by atoms with Crippen LogP contribution in [-0.4, -0.2) is 40.2 Å². The summed E-state index contributed by atoms with van der Waals surface area (Å²) in [5, 5.41) is 9.29. The monoisotopic (exact) mass is 326 g/mol. The molecule has 3 rings (SSSR count). The lowest BCUT2D eigenvalue weighted by molar-refractivity contribution is -0.144. The average Bonchev–Trinajstić information content (AvgIpc) is 3.12. The van der Waals surface area contributed by atoms with Crippen molar-refractivity contribution in [3.8, 4) is 0 Å². The van der Waals surface area contributed by atoms with Gasteiger partial charge in [-0.05, 0) is 30.0 Å². The number of pyridine rings is 1. The summed E-state index contributed by atoms with van der Waals surface area (Å²) in [6.07, 6.45) is 4.49. The van der Waals surface area contributed by atoms with E-state index in [0.717, 1.165) is 17.5 Å². The van der Waals surface area contributed by atoms with Crippen molar-refractivity contribution >= 4 is 5.91 Å². The van der Waals surface area contributed by atoms with E-state index in [0.29, 0.717) is 19.5 Å². The number of benzene rings is 1. The molecule has 1 aromatic carbocycles. The van der Waals surface area contributed by atoms with E-state index in [1.807, 2.05) is 42.5 Å². The predicted molar refractivity (Wildman–Crippen MR) is 90.0 cm³/mol. The SMILES string of the molecule is O=C([C@H]1CC[C@@H](c2ccccc2)O1)N(CCO)Cc1cccnc1. The van der Waals surface area contributed by atoms with Crippen LogP contribution in [0.1, 0.15) is 30.1 Å². The summed E-state index contributed by atoms with van der Waals surface area (Å²) in [6, 6.07) is 13.7. The second-order valence-corrected chi connectivity index (χ2v) is 5.95. The van der Waals surface area contributed by atoms with Gasteiger partial charge in [0, 0.05) is 25.5 Å². The fourth-order valence-electron chi connectivity index (χ4n) is 3.04. The Bertz CT molecular complexity index is 648. The number of rotatable bonds is 6. The number of amides is 1. The van der Waals surface area contributed by atoms with Crippen LogP contribution in [0.25, 0.3) is 0 Å². The van der Waals surface area contributed by atoms with E-state index in [9.17, 15) is 9.90 Å². The zero-order valence-corrected chi connectivity index (χ0v) is 13.5. The molecule has 1 aromatic heterocycles. The van der Waals surface area contributed by atoms with Crippen molar-refractivity contribution in [1.82, 2.24) is 9.88 Å². The number of nitrogens with zero attached hydrogens (tertiary/aromatic N) is 2. The number of aliphatic hydroxyl groups is 1. The molecule has 1 saturated heterocycles. The highest BCUT2D eigenvalue weighted by molar-refractivity contribution is 5.81. The molecule has 0 bridgehead atoms. The average molecular weight is 326 g/mol. The van der Waals surface area contributed by atoms with Crippen molar-refractivity contribution in [2.45, 2.75) is 31.6 Å². The van der Waals surface area contributed by atoms with Crippen molar-refractivity contribution < 1.29 is 14.6 Å². The van der Waals surface area contributed by atoms with E-state index < -0.39 is 6.10 Å². The predicted octanol–water partition coefficient (Wildman–Crippen LogP) is 2.32. The van der Waals surface area contributed by atoms with Gasteiger partial charge in [0.05, 0.1) is 12.7 Å². The van der Waals surface area contributed by atoms with Crippen molar-refractivity contribution in [2.24, 2.45) is 0 Å². The zero-order valence-electron chi connectivity index (χ0n) is 13.5. The molecule has 24 heavy (non-hydrogen) atoms. The Kier molecular flexibility index (Phi) is 5.56. The Balaban J connectivity index is 1.65. The lowest BCUT2D eigenvalue weighted by Crippen LogP contribution is -2.40. The second-order valence-electron chi connectivity index (χ2n) is 5.95. The first-order valence-electron chi connectivity index (χ1n) is 8.27. The lowest BCUT2D eigenvalue weighted by Gasteiger charge is -2.25. The molecule has 2 aromatic rings. The standard InChI is InChI=1S/C19H22N2O3/c22-12-11-21(14-15-5-4-10-20-13-15)19(23)18-9-8-17(24-18)16-6-2-1-3-7-16/h1-7,10,13,17-18,22H,8-9,11-12,14H2/t17-,18+/m0/s1. The third-order valence-corrected chi connectivity index (χ3v) is 4.24. The maximum absolute atomic E-state index is 12.8. The Morgan fingerprint density at radius 2 is 2.04 bits per heavy atom. The molecule has 1 N–H and O–H groups in total. The minimum Gasteiger partial charge on any atom is -0.395 e. The molecular formula is C19H22N2O3. The lowest BCUT2D eigenvalue weighted by atomic mass is 10.1. The Labute approximate surface area is 141 Å². The molecule has 0 spiro atoms.